The van der Waals surface area contributed by atoms with Gasteiger partial charge in [-0.05, 0) is 24.3 Å². The molecule has 1 amide bonds. The molecule has 1 spiro atoms. The Kier molecular flexibility index (Phi) is 4.83. The molecule has 2 aliphatic heterocycles. The molecule has 0 aliphatic carbocycles. The summed E-state index contributed by atoms with van der Waals surface area (Å²) in [4.78, 5) is 23.8. The molecule has 0 unspecified atom stereocenters. The third-order valence-corrected chi connectivity index (χ3v) is 6.05. The van der Waals surface area contributed by atoms with Crippen LogP contribution in [0.5, 0.6) is 5.75 Å². The Morgan fingerprint density at radius 1 is 0.967 bits per heavy atom. The van der Waals surface area contributed by atoms with Crippen LogP contribution in [0.1, 0.15) is 41.2 Å². The van der Waals surface area contributed by atoms with Gasteiger partial charge in [0.2, 0.25) is 5.95 Å². The van der Waals surface area contributed by atoms with Gasteiger partial charge < -0.3 is 15.0 Å². The molecule has 0 bridgehead atoms. The van der Waals surface area contributed by atoms with Crippen LogP contribution in [0.25, 0.3) is 0 Å². The summed E-state index contributed by atoms with van der Waals surface area (Å²) < 4.78 is 6.54. The van der Waals surface area contributed by atoms with Crippen molar-refractivity contribution in [3.63, 3.8) is 0 Å². The van der Waals surface area contributed by atoms with E-state index in [1.165, 1.54) is 0 Å². The third-order valence-electron chi connectivity index (χ3n) is 6.05. The van der Waals surface area contributed by atoms with E-state index in [2.05, 4.69) is 20.2 Å². The smallest absolute Gasteiger partial charge is 0.251 e. The van der Waals surface area contributed by atoms with Crippen LogP contribution in [0.4, 0.5) is 5.95 Å². The Balaban J connectivity index is 1.36. The van der Waals surface area contributed by atoms with Gasteiger partial charge in [-0.2, -0.15) is 0 Å². The summed E-state index contributed by atoms with van der Waals surface area (Å²) >= 11 is 0. The lowest BCUT2D eigenvalue weighted by molar-refractivity contribution is 0.00846. The fourth-order valence-electron chi connectivity index (χ4n) is 4.45. The van der Waals surface area contributed by atoms with Crippen LogP contribution in [0, 0.1) is 0 Å². The molecule has 0 radical (unpaired) electrons. The molecule has 5 rings (SSSR count). The summed E-state index contributed by atoms with van der Waals surface area (Å²) in [5.74, 6) is 1.58. The van der Waals surface area contributed by atoms with Crippen LogP contribution in [0.15, 0.2) is 73.1 Å². The lowest BCUT2D eigenvalue weighted by Crippen LogP contribution is -2.52. The van der Waals surface area contributed by atoms with E-state index in [4.69, 9.17) is 4.74 Å². The highest BCUT2D eigenvalue weighted by Gasteiger charge is 2.44. The predicted octanol–water partition coefficient (Wildman–Crippen LogP) is 3.77. The highest BCUT2D eigenvalue weighted by Crippen LogP contribution is 2.44. The predicted molar refractivity (Wildman–Crippen MR) is 115 cm³/mol. The number of hydrogen-bond donors (Lipinski definition) is 1. The number of nitrogens with one attached hydrogen (secondary N) is 1. The van der Waals surface area contributed by atoms with Crippen LogP contribution in [-0.4, -0.2) is 34.6 Å². The molecular weight excluding hydrogens is 376 g/mol. The standard InChI is InChI=1S/C24H24N4O2/c29-22(18-7-2-1-3-8-18)27-20-17-24(30-21-10-5-4-9-19(20)21)11-15-28(16-12-24)23-25-13-6-14-26-23/h1-10,13-14,20H,11-12,15-17H2,(H,27,29)/t20-/m1/s1. The normalized spacial score (nSPS) is 19.6. The molecule has 1 saturated heterocycles. The molecule has 1 atom stereocenters. The summed E-state index contributed by atoms with van der Waals surface area (Å²) in [6.07, 6.45) is 6.02. The number of ether oxygens (including phenoxy) is 1. The number of benzene rings is 2. The van der Waals surface area contributed by atoms with E-state index in [9.17, 15) is 4.79 Å². The SMILES string of the molecule is O=C(N[C@@H]1CC2(CCN(c3ncccn3)CC2)Oc2ccccc21)c1ccccc1. The van der Waals surface area contributed by atoms with E-state index in [-0.39, 0.29) is 17.6 Å². The Labute approximate surface area is 175 Å². The van der Waals surface area contributed by atoms with Crippen molar-refractivity contribution < 1.29 is 9.53 Å². The number of aromatic nitrogens is 2. The van der Waals surface area contributed by atoms with Gasteiger partial charge in [-0.3, -0.25) is 4.79 Å². The van der Waals surface area contributed by atoms with E-state index in [0.29, 0.717) is 5.56 Å². The summed E-state index contributed by atoms with van der Waals surface area (Å²) in [6.45, 7) is 1.65. The van der Waals surface area contributed by atoms with E-state index in [1.54, 1.807) is 12.4 Å². The summed E-state index contributed by atoms with van der Waals surface area (Å²) in [5.41, 5.74) is 1.42. The van der Waals surface area contributed by atoms with Crippen LogP contribution < -0.4 is 15.0 Å². The zero-order valence-corrected chi connectivity index (χ0v) is 16.7. The number of anilines is 1. The van der Waals surface area contributed by atoms with Gasteiger partial charge in [-0.15, -0.1) is 0 Å². The van der Waals surface area contributed by atoms with Crippen molar-refractivity contribution >= 4 is 11.9 Å². The Hall–Kier alpha value is -3.41. The first kappa shape index (κ1) is 18.6. The molecule has 1 N–H and O–H groups in total. The van der Waals surface area contributed by atoms with E-state index in [0.717, 1.165) is 49.6 Å². The number of carbonyl (C=O) groups excluding carboxylic acids is 1. The highest BCUT2D eigenvalue weighted by atomic mass is 16.5. The maximum absolute atomic E-state index is 12.9. The lowest BCUT2D eigenvalue weighted by Gasteiger charge is -2.47. The average Bonchev–Trinajstić information content (AvgIpc) is 2.81. The maximum Gasteiger partial charge on any atom is 0.251 e. The molecule has 3 heterocycles. The van der Waals surface area contributed by atoms with Crippen molar-refractivity contribution in [2.45, 2.75) is 30.9 Å². The van der Waals surface area contributed by atoms with Crippen LogP contribution in [0.2, 0.25) is 0 Å². The zero-order chi connectivity index (χ0) is 20.4. The van der Waals surface area contributed by atoms with E-state index >= 15 is 0 Å². The number of amides is 1. The van der Waals surface area contributed by atoms with Gasteiger partial charge in [0, 0.05) is 55.9 Å². The molecule has 152 valence electrons. The van der Waals surface area contributed by atoms with Gasteiger partial charge in [-0.1, -0.05) is 36.4 Å². The second-order valence-corrected chi connectivity index (χ2v) is 7.95. The molecule has 1 fully saturated rings. The average molecular weight is 400 g/mol. The fourth-order valence-corrected chi connectivity index (χ4v) is 4.45. The van der Waals surface area contributed by atoms with Crippen LogP contribution in [-0.2, 0) is 0 Å². The maximum atomic E-state index is 12.9. The molecule has 6 nitrogen and oxygen atoms in total. The first-order valence-electron chi connectivity index (χ1n) is 10.4. The Bertz CT molecular complexity index is 1020. The second kappa shape index (κ2) is 7.78. The summed E-state index contributed by atoms with van der Waals surface area (Å²) in [7, 11) is 0. The van der Waals surface area contributed by atoms with Gasteiger partial charge in [0.15, 0.2) is 0 Å². The van der Waals surface area contributed by atoms with Gasteiger partial charge >= 0.3 is 0 Å². The van der Waals surface area contributed by atoms with Crippen molar-refractivity contribution in [1.29, 1.82) is 0 Å². The topological polar surface area (TPSA) is 67.4 Å². The quantitative estimate of drug-likeness (QED) is 0.725. The molecule has 2 aliphatic rings. The molecule has 2 aromatic carbocycles. The molecule has 1 aromatic heterocycles. The van der Waals surface area contributed by atoms with Gasteiger partial charge in [0.1, 0.15) is 11.4 Å². The number of nitrogens with zero attached hydrogens (tertiary/aromatic N) is 3. The van der Waals surface area contributed by atoms with Crippen molar-refractivity contribution in [3.8, 4) is 5.75 Å². The molecule has 3 aromatic rings. The first-order valence-corrected chi connectivity index (χ1v) is 10.4. The summed E-state index contributed by atoms with van der Waals surface area (Å²) in [5, 5.41) is 3.25. The van der Waals surface area contributed by atoms with Crippen molar-refractivity contribution in [2.24, 2.45) is 0 Å². The largest absolute Gasteiger partial charge is 0.487 e. The Morgan fingerprint density at radius 2 is 1.67 bits per heavy atom. The molecular formula is C24H24N4O2. The molecule has 0 saturated carbocycles. The Morgan fingerprint density at radius 3 is 2.43 bits per heavy atom. The fraction of sp³-hybridized carbons (Fsp3) is 0.292. The van der Waals surface area contributed by atoms with Crippen LogP contribution in [0.3, 0.4) is 0 Å². The third kappa shape index (κ3) is 3.61. The molecule has 30 heavy (non-hydrogen) atoms. The van der Waals surface area contributed by atoms with Crippen molar-refractivity contribution in [2.75, 3.05) is 18.0 Å². The minimum atomic E-state index is -0.297. The van der Waals surface area contributed by atoms with Gasteiger partial charge in [0.05, 0.1) is 6.04 Å². The van der Waals surface area contributed by atoms with E-state index < -0.39 is 0 Å². The van der Waals surface area contributed by atoms with Gasteiger partial charge in [-0.25, -0.2) is 9.97 Å². The minimum absolute atomic E-state index is 0.0532. The number of para-hydroxylation sites is 1. The first-order chi connectivity index (χ1) is 14.7. The lowest BCUT2D eigenvalue weighted by atomic mass is 9.80. The van der Waals surface area contributed by atoms with E-state index in [1.807, 2.05) is 60.7 Å². The molecule has 6 heteroatoms. The second-order valence-electron chi connectivity index (χ2n) is 7.95. The highest BCUT2D eigenvalue weighted by molar-refractivity contribution is 5.94. The number of hydrogen-bond acceptors (Lipinski definition) is 5. The van der Waals surface area contributed by atoms with Crippen molar-refractivity contribution in [1.82, 2.24) is 15.3 Å². The summed E-state index contributed by atoms with van der Waals surface area (Å²) in [6, 6.07) is 19.2. The van der Waals surface area contributed by atoms with Crippen LogP contribution >= 0.6 is 0 Å². The van der Waals surface area contributed by atoms with Gasteiger partial charge in [0.25, 0.3) is 5.91 Å². The number of fused-ring (bicyclic) bond motifs is 1. The zero-order valence-electron chi connectivity index (χ0n) is 16.7. The number of carbonyl (C=O) groups is 1. The monoisotopic (exact) mass is 400 g/mol. The van der Waals surface area contributed by atoms with Crippen molar-refractivity contribution in [3.05, 3.63) is 84.2 Å². The minimum Gasteiger partial charge on any atom is -0.487 e. The number of piperidine rings is 1. The number of rotatable bonds is 3.